The third kappa shape index (κ3) is 3.36. The van der Waals surface area contributed by atoms with Crippen LogP contribution in [0.25, 0.3) is 0 Å². The summed E-state index contributed by atoms with van der Waals surface area (Å²) in [5.41, 5.74) is 8.42. The standard InChI is InChI=1S/C14H18N4O2/c1-10-7-11(15)3-4-13(10)14(19)17-12-8-16-18(9-12)5-6-20-2/h3-4,7-9H,5-6,15H2,1-2H3,(H,17,19). The van der Waals surface area contributed by atoms with E-state index in [0.717, 1.165) is 5.56 Å². The number of hydrogen-bond donors (Lipinski definition) is 2. The molecular formula is C14H18N4O2. The molecule has 20 heavy (non-hydrogen) atoms. The lowest BCUT2D eigenvalue weighted by molar-refractivity contribution is 0.102. The highest BCUT2D eigenvalue weighted by atomic mass is 16.5. The molecule has 1 aromatic heterocycles. The predicted molar refractivity (Wildman–Crippen MR) is 77.6 cm³/mol. The first kappa shape index (κ1) is 14.1. The maximum absolute atomic E-state index is 12.2. The first-order valence-corrected chi connectivity index (χ1v) is 6.29. The van der Waals surface area contributed by atoms with Gasteiger partial charge in [0, 0.05) is 24.6 Å². The van der Waals surface area contributed by atoms with E-state index in [1.165, 1.54) is 0 Å². The number of aryl methyl sites for hydroxylation is 1. The molecule has 0 saturated carbocycles. The van der Waals surface area contributed by atoms with E-state index in [1.54, 1.807) is 42.4 Å². The number of anilines is 2. The van der Waals surface area contributed by atoms with Crippen molar-refractivity contribution in [3.8, 4) is 0 Å². The fourth-order valence-electron chi connectivity index (χ4n) is 1.88. The average molecular weight is 274 g/mol. The van der Waals surface area contributed by atoms with E-state index in [-0.39, 0.29) is 5.91 Å². The number of hydrogen-bond acceptors (Lipinski definition) is 4. The molecule has 1 aromatic carbocycles. The zero-order chi connectivity index (χ0) is 14.5. The van der Waals surface area contributed by atoms with Crippen molar-refractivity contribution in [2.75, 3.05) is 24.8 Å². The number of amides is 1. The first-order valence-electron chi connectivity index (χ1n) is 6.29. The van der Waals surface area contributed by atoms with E-state index in [9.17, 15) is 4.79 Å². The third-order valence-electron chi connectivity index (χ3n) is 2.91. The molecule has 2 aromatic rings. The molecule has 3 N–H and O–H groups in total. The number of nitrogens with two attached hydrogens (primary N) is 1. The summed E-state index contributed by atoms with van der Waals surface area (Å²) in [6.07, 6.45) is 3.38. The van der Waals surface area contributed by atoms with Crippen LogP contribution in [-0.2, 0) is 11.3 Å². The highest BCUT2D eigenvalue weighted by Crippen LogP contribution is 2.15. The van der Waals surface area contributed by atoms with Crippen molar-refractivity contribution in [3.63, 3.8) is 0 Å². The number of nitrogens with one attached hydrogen (secondary N) is 1. The Morgan fingerprint density at radius 1 is 1.50 bits per heavy atom. The van der Waals surface area contributed by atoms with Gasteiger partial charge in [0.15, 0.2) is 0 Å². The van der Waals surface area contributed by atoms with Gasteiger partial charge in [0.25, 0.3) is 5.91 Å². The van der Waals surface area contributed by atoms with Gasteiger partial charge in [-0.25, -0.2) is 0 Å². The van der Waals surface area contributed by atoms with Crippen molar-refractivity contribution in [1.29, 1.82) is 0 Å². The molecule has 0 aliphatic heterocycles. The lowest BCUT2D eigenvalue weighted by Crippen LogP contribution is -2.13. The Hall–Kier alpha value is -2.34. The molecule has 0 bridgehead atoms. The lowest BCUT2D eigenvalue weighted by Gasteiger charge is -2.06. The quantitative estimate of drug-likeness (QED) is 0.813. The highest BCUT2D eigenvalue weighted by molar-refractivity contribution is 6.05. The van der Waals surface area contributed by atoms with E-state index in [4.69, 9.17) is 10.5 Å². The van der Waals surface area contributed by atoms with Crippen molar-refractivity contribution < 1.29 is 9.53 Å². The van der Waals surface area contributed by atoms with Crippen LogP contribution >= 0.6 is 0 Å². The monoisotopic (exact) mass is 274 g/mol. The Morgan fingerprint density at radius 2 is 2.30 bits per heavy atom. The van der Waals surface area contributed by atoms with Crippen LogP contribution in [0.1, 0.15) is 15.9 Å². The van der Waals surface area contributed by atoms with Gasteiger partial charge in [0.05, 0.1) is 25.0 Å². The number of benzene rings is 1. The fraction of sp³-hybridized carbons (Fsp3) is 0.286. The molecule has 6 nitrogen and oxygen atoms in total. The topological polar surface area (TPSA) is 82.2 Å². The number of ether oxygens (including phenoxy) is 1. The smallest absolute Gasteiger partial charge is 0.256 e. The molecule has 106 valence electrons. The molecule has 0 aliphatic carbocycles. The maximum Gasteiger partial charge on any atom is 0.256 e. The number of aromatic nitrogens is 2. The van der Waals surface area contributed by atoms with Crippen LogP contribution in [0.2, 0.25) is 0 Å². The van der Waals surface area contributed by atoms with E-state index < -0.39 is 0 Å². The van der Waals surface area contributed by atoms with Crippen LogP contribution in [0, 0.1) is 6.92 Å². The van der Waals surface area contributed by atoms with E-state index in [0.29, 0.717) is 30.1 Å². The number of nitrogens with zero attached hydrogens (tertiary/aromatic N) is 2. The number of carbonyl (C=O) groups excluding carboxylic acids is 1. The number of nitrogen functional groups attached to an aromatic ring is 1. The molecule has 0 aliphatic rings. The van der Waals surface area contributed by atoms with Gasteiger partial charge in [-0.05, 0) is 30.7 Å². The van der Waals surface area contributed by atoms with Crippen LogP contribution in [0.3, 0.4) is 0 Å². The normalized spacial score (nSPS) is 10.5. The van der Waals surface area contributed by atoms with Crippen molar-refractivity contribution in [2.24, 2.45) is 0 Å². The van der Waals surface area contributed by atoms with Gasteiger partial charge >= 0.3 is 0 Å². The SMILES string of the molecule is COCCn1cc(NC(=O)c2ccc(N)cc2C)cn1. The third-order valence-corrected chi connectivity index (χ3v) is 2.91. The van der Waals surface area contributed by atoms with Crippen molar-refractivity contribution in [2.45, 2.75) is 13.5 Å². The second-order valence-corrected chi connectivity index (χ2v) is 4.51. The summed E-state index contributed by atoms with van der Waals surface area (Å²) in [5, 5.41) is 6.95. The summed E-state index contributed by atoms with van der Waals surface area (Å²) < 4.78 is 6.69. The van der Waals surface area contributed by atoms with Crippen LogP contribution in [0.15, 0.2) is 30.6 Å². The Morgan fingerprint density at radius 3 is 3.00 bits per heavy atom. The van der Waals surface area contributed by atoms with Gasteiger partial charge in [-0.15, -0.1) is 0 Å². The molecule has 6 heteroatoms. The first-order chi connectivity index (χ1) is 9.60. The van der Waals surface area contributed by atoms with Gasteiger partial charge in [0.2, 0.25) is 0 Å². The molecule has 0 radical (unpaired) electrons. The second kappa shape index (κ2) is 6.21. The maximum atomic E-state index is 12.2. The second-order valence-electron chi connectivity index (χ2n) is 4.51. The zero-order valence-electron chi connectivity index (χ0n) is 11.6. The Labute approximate surface area is 117 Å². The summed E-state index contributed by atoms with van der Waals surface area (Å²) in [7, 11) is 1.63. The van der Waals surface area contributed by atoms with Gasteiger partial charge in [-0.2, -0.15) is 5.10 Å². The van der Waals surface area contributed by atoms with E-state index >= 15 is 0 Å². The Balaban J connectivity index is 2.05. The molecule has 0 atom stereocenters. The van der Waals surface area contributed by atoms with Crippen molar-refractivity contribution >= 4 is 17.3 Å². The predicted octanol–water partition coefficient (Wildman–Crippen LogP) is 1.67. The fourth-order valence-corrected chi connectivity index (χ4v) is 1.88. The number of methoxy groups -OCH3 is 1. The van der Waals surface area contributed by atoms with Crippen molar-refractivity contribution in [3.05, 3.63) is 41.7 Å². The molecule has 0 saturated heterocycles. The van der Waals surface area contributed by atoms with Crippen LogP contribution in [0.4, 0.5) is 11.4 Å². The number of rotatable bonds is 5. The van der Waals surface area contributed by atoms with Crippen molar-refractivity contribution in [1.82, 2.24) is 9.78 Å². The van der Waals surface area contributed by atoms with Gasteiger partial charge in [-0.3, -0.25) is 9.48 Å². The Kier molecular flexibility index (Phi) is 4.37. The molecule has 2 rings (SSSR count). The van der Waals surface area contributed by atoms with Crippen LogP contribution < -0.4 is 11.1 Å². The minimum atomic E-state index is -0.172. The molecule has 1 amide bonds. The minimum Gasteiger partial charge on any atom is -0.399 e. The molecule has 0 spiro atoms. The Bertz CT molecular complexity index is 607. The van der Waals surface area contributed by atoms with Gasteiger partial charge in [0.1, 0.15) is 0 Å². The zero-order valence-corrected chi connectivity index (χ0v) is 11.6. The summed E-state index contributed by atoms with van der Waals surface area (Å²) >= 11 is 0. The van der Waals surface area contributed by atoms with E-state index in [1.807, 2.05) is 6.92 Å². The summed E-state index contributed by atoms with van der Waals surface area (Å²) in [5.74, 6) is -0.172. The molecule has 0 fully saturated rings. The molecular weight excluding hydrogens is 256 g/mol. The van der Waals surface area contributed by atoms with Crippen LogP contribution in [-0.4, -0.2) is 29.4 Å². The minimum absolute atomic E-state index is 0.172. The van der Waals surface area contributed by atoms with Gasteiger partial charge in [-0.1, -0.05) is 0 Å². The lowest BCUT2D eigenvalue weighted by atomic mass is 10.1. The van der Waals surface area contributed by atoms with Gasteiger partial charge < -0.3 is 15.8 Å². The molecule has 0 unspecified atom stereocenters. The summed E-state index contributed by atoms with van der Waals surface area (Å²) in [4.78, 5) is 12.2. The highest BCUT2D eigenvalue weighted by Gasteiger charge is 2.10. The van der Waals surface area contributed by atoms with Crippen LogP contribution in [0.5, 0.6) is 0 Å². The number of carbonyl (C=O) groups is 1. The summed E-state index contributed by atoms with van der Waals surface area (Å²) in [6.45, 7) is 3.08. The largest absolute Gasteiger partial charge is 0.399 e. The molecule has 1 heterocycles. The van der Waals surface area contributed by atoms with E-state index in [2.05, 4.69) is 10.4 Å². The average Bonchev–Trinajstić information content (AvgIpc) is 2.83. The summed E-state index contributed by atoms with van der Waals surface area (Å²) in [6, 6.07) is 5.20.